The highest BCUT2D eigenvalue weighted by atomic mass is 32.2. The minimum absolute atomic E-state index is 0.134. The van der Waals surface area contributed by atoms with E-state index in [0.717, 1.165) is 32.1 Å². The molecule has 1 saturated heterocycles. The van der Waals surface area contributed by atoms with Crippen LogP contribution in [-0.2, 0) is 19.1 Å². The summed E-state index contributed by atoms with van der Waals surface area (Å²) in [6, 6.07) is 0. The first-order chi connectivity index (χ1) is 12.6. The van der Waals surface area contributed by atoms with Crippen molar-refractivity contribution in [3.8, 4) is 0 Å². The maximum absolute atomic E-state index is 12.2. The molecule has 1 unspecified atom stereocenters. The van der Waals surface area contributed by atoms with Crippen LogP contribution in [0.1, 0.15) is 66.2 Å². The lowest BCUT2D eigenvalue weighted by atomic mass is 9.61. The SMILES string of the molecule is CCCC(SC)C(=O)C(=O)OC1CC2(CCN(C(=O)OC(C)(C)C)CC2)C1. The molecule has 27 heavy (non-hydrogen) atoms. The molecule has 0 bridgehead atoms. The van der Waals surface area contributed by atoms with Gasteiger partial charge in [-0.3, -0.25) is 4.79 Å². The summed E-state index contributed by atoms with van der Waals surface area (Å²) >= 11 is 1.41. The monoisotopic (exact) mass is 399 g/mol. The maximum Gasteiger partial charge on any atom is 0.410 e. The first kappa shape index (κ1) is 22.1. The van der Waals surface area contributed by atoms with E-state index >= 15 is 0 Å². The molecule has 1 aliphatic heterocycles. The van der Waals surface area contributed by atoms with Crippen LogP contribution in [0.5, 0.6) is 0 Å². The number of esters is 1. The summed E-state index contributed by atoms with van der Waals surface area (Å²) in [4.78, 5) is 38.2. The van der Waals surface area contributed by atoms with Gasteiger partial charge in [0.05, 0.1) is 5.25 Å². The molecule has 1 atom stereocenters. The molecule has 2 aliphatic rings. The van der Waals surface area contributed by atoms with Gasteiger partial charge in [0.1, 0.15) is 11.7 Å². The molecule has 0 aromatic heterocycles. The number of ketones is 1. The van der Waals surface area contributed by atoms with E-state index in [0.29, 0.717) is 19.5 Å². The highest BCUT2D eigenvalue weighted by Gasteiger charge is 2.49. The Bertz CT molecular complexity index is 555. The fourth-order valence-electron chi connectivity index (χ4n) is 3.85. The third-order valence-electron chi connectivity index (χ3n) is 5.40. The Morgan fingerprint density at radius 1 is 1.19 bits per heavy atom. The van der Waals surface area contributed by atoms with Crippen molar-refractivity contribution in [1.29, 1.82) is 0 Å². The third-order valence-corrected chi connectivity index (χ3v) is 6.42. The molecule has 1 spiro atoms. The summed E-state index contributed by atoms with van der Waals surface area (Å²) in [5.41, 5.74) is -0.351. The van der Waals surface area contributed by atoms with E-state index in [9.17, 15) is 14.4 Å². The van der Waals surface area contributed by atoms with E-state index in [4.69, 9.17) is 9.47 Å². The molecule has 1 saturated carbocycles. The molecule has 1 aliphatic carbocycles. The van der Waals surface area contributed by atoms with Crippen LogP contribution in [0, 0.1) is 5.41 Å². The lowest BCUT2D eigenvalue weighted by Gasteiger charge is -2.51. The summed E-state index contributed by atoms with van der Waals surface area (Å²) in [7, 11) is 0. The Kier molecular flexibility index (Phi) is 7.22. The molecule has 0 radical (unpaired) electrons. The average molecular weight is 400 g/mol. The van der Waals surface area contributed by atoms with Gasteiger partial charge in [0.2, 0.25) is 0 Å². The number of ether oxygens (including phenoxy) is 2. The Morgan fingerprint density at radius 3 is 2.26 bits per heavy atom. The Labute approximate surface area is 166 Å². The van der Waals surface area contributed by atoms with Crippen molar-refractivity contribution in [3.63, 3.8) is 0 Å². The van der Waals surface area contributed by atoms with Crippen LogP contribution in [0.15, 0.2) is 0 Å². The number of carbonyl (C=O) groups excluding carboxylic acids is 3. The molecule has 6 nitrogen and oxygen atoms in total. The minimum Gasteiger partial charge on any atom is -0.457 e. The standard InChI is InChI=1S/C20H33NO5S/c1-6-7-15(27-5)16(22)17(23)25-14-12-20(13-14)8-10-21(11-9-20)18(24)26-19(2,3)4/h14-15H,6-13H2,1-5H3. The van der Waals surface area contributed by atoms with Gasteiger partial charge in [0.25, 0.3) is 5.78 Å². The number of likely N-dealkylation sites (tertiary alicyclic amines) is 1. The van der Waals surface area contributed by atoms with E-state index in [1.54, 1.807) is 4.90 Å². The van der Waals surface area contributed by atoms with Crippen LogP contribution in [0.4, 0.5) is 4.79 Å². The van der Waals surface area contributed by atoms with Crippen LogP contribution in [0.25, 0.3) is 0 Å². The first-order valence-corrected chi connectivity index (χ1v) is 11.1. The zero-order valence-electron chi connectivity index (χ0n) is 17.2. The number of piperidine rings is 1. The topological polar surface area (TPSA) is 72.9 Å². The van der Waals surface area contributed by atoms with Crippen molar-refractivity contribution in [3.05, 3.63) is 0 Å². The quantitative estimate of drug-likeness (QED) is 0.499. The summed E-state index contributed by atoms with van der Waals surface area (Å²) in [6.07, 6.45) is 6.33. The number of thioether (sulfide) groups is 1. The zero-order valence-corrected chi connectivity index (χ0v) is 18.0. The first-order valence-electron chi connectivity index (χ1n) is 9.85. The van der Waals surface area contributed by atoms with E-state index < -0.39 is 17.4 Å². The van der Waals surface area contributed by atoms with Crippen molar-refractivity contribution >= 4 is 29.6 Å². The van der Waals surface area contributed by atoms with Crippen molar-refractivity contribution < 1.29 is 23.9 Å². The van der Waals surface area contributed by atoms with Crippen LogP contribution in [0.3, 0.4) is 0 Å². The smallest absolute Gasteiger partial charge is 0.410 e. The number of hydrogen-bond donors (Lipinski definition) is 0. The van der Waals surface area contributed by atoms with Crippen LogP contribution < -0.4 is 0 Å². The number of carbonyl (C=O) groups is 3. The molecule has 0 N–H and O–H groups in total. The highest BCUT2D eigenvalue weighted by molar-refractivity contribution is 8.00. The second kappa shape index (κ2) is 8.84. The number of Topliss-reactive ketones (excluding diaryl/α,β-unsaturated/α-hetero) is 1. The van der Waals surface area contributed by atoms with E-state index in [-0.39, 0.29) is 22.9 Å². The lowest BCUT2D eigenvalue weighted by molar-refractivity contribution is -0.169. The van der Waals surface area contributed by atoms with Gasteiger partial charge in [-0.15, -0.1) is 0 Å². The minimum atomic E-state index is -0.686. The fraction of sp³-hybridized carbons (Fsp3) is 0.850. The number of amides is 1. The summed E-state index contributed by atoms with van der Waals surface area (Å²) in [5, 5.41) is -0.298. The van der Waals surface area contributed by atoms with Crippen LogP contribution in [0.2, 0.25) is 0 Å². The second-order valence-electron chi connectivity index (χ2n) is 8.78. The summed E-state index contributed by atoms with van der Waals surface area (Å²) in [5.74, 6) is -1.10. The van der Waals surface area contributed by atoms with E-state index in [2.05, 4.69) is 0 Å². The molecule has 1 heterocycles. The van der Waals surface area contributed by atoms with Gasteiger partial charge in [-0.25, -0.2) is 9.59 Å². The fourth-order valence-corrected chi connectivity index (χ4v) is 4.63. The van der Waals surface area contributed by atoms with Gasteiger partial charge in [-0.2, -0.15) is 11.8 Å². The maximum atomic E-state index is 12.2. The molecule has 7 heteroatoms. The van der Waals surface area contributed by atoms with Crippen LogP contribution in [-0.4, -0.2) is 59.0 Å². The lowest BCUT2D eigenvalue weighted by Crippen LogP contribution is -2.52. The summed E-state index contributed by atoms with van der Waals surface area (Å²) < 4.78 is 10.9. The molecule has 0 aromatic carbocycles. The van der Waals surface area contributed by atoms with Crippen molar-refractivity contribution in [1.82, 2.24) is 4.90 Å². The van der Waals surface area contributed by atoms with Gasteiger partial charge in [0, 0.05) is 13.1 Å². The Hall–Kier alpha value is -1.24. The molecule has 154 valence electrons. The van der Waals surface area contributed by atoms with Gasteiger partial charge < -0.3 is 14.4 Å². The third kappa shape index (κ3) is 5.87. The number of rotatable bonds is 6. The predicted octanol–water partition coefficient (Wildman–Crippen LogP) is 3.81. The number of hydrogen-bond acceptors (Lipinski definition) is 6. The Balaban J connectivity index is 1.75. The molecule has 2 rings (SSSR count). The Morgan fingerprint density at radius 2 is 1.78 bits per heavy atom. The molecular formula is C20H33NO5S. The predicted molar refractivity (Wildman–Crippen MR) is 106 cm³/mol. The normalized spacial score (nSPS) is 20.7. The average Bonchev–Trinajstić information content (AvgIpc) is 2.56. The zero-order chi connectivity index (χ0) is 20.2. The van der Waals surface area contributed by atoms with Crippen molar-refractivity contribution in [2.24, 2.45) is 5.41 Å². The highest BCUT2D eigenvalue weighted by Crippen LogP contribution is 2.50. The molecule has 1 amide bonds. The van der Waals surface area contributed by atoms with Gasteiger partial charge >= 0.3 is 12.1 Å². The van der Waals surface area contributed by atoms with Crippen LogP contribution >= 0.6 is 11.8 Å². The molecule has 0 aromatic rings. The van der Waals surface area contributed by atoms with Gasteiger partial charge in [-0.1, -0.05) is 13.3 Å². The second-order valence-corrected chi connectivity index (χ2v) is 9.82. The van der Waals surface area contributed by atoms with Gasteiger partial charge in [-0.05, 0) is 64.5 Å². The largest absolute Gasteiger partial charge is 0.457 e. The summed E-state index contributed by atoms with van der Waals surface area (Å²) in [6.45, 7) is 8.93. The molecular weight excluding hydrogens is 366 g/mol. The van der Waals surface area contributed by atoms with Crippen molar-refractivity contribution in [2.45, 2.75) is 83.2 Å². The van der Waals surface area contributed by atoms with Gasteiger partial charge in [0.15, 0.2) is 0 Å². The van der Waals surface area contributed by atoms with Crippen molar-refractivity contribution in [2.75, 3.05) is 19.3 Å². The van der Waals surface area contributed by atoms with E-state index in [1.165, 1.54) is 11.8 Å². The van der Waals surface area contributed by atoms with E-state index in [1.807, 2.05) is 34.0 Å². The molecule has 2 fully saturated rings. The number of nitrogens with zero attached hydrogens (tertiary/aromatic N) is 1.